The maximum Gasteiger partial charge on any atom is 0.212 e. The van der Waals surface area contributed by atoms with Crippen molar-refractivity contribution in [3.8, 4) is 5.88 Å². The molecular weight excluding hydrogens is 180 g/mol. The molecule has 0 aliphatic carbocycles. The van der Waals surface area contributed by atoms with E-state index in [1.165, 1.54) is 13.3 Å². The molecule has 1 N–H and O–H groups in total. The van der Waals surface area contributed by atoms with Crippen molar-refractivity contribution in [1.82, 2.24) is 4.98 Å². The van der Waals surface area contributed by atoms with Gasteiger partial charge in [-0.1, -0.05) is 16.8 Å². The second kappa shape index (κ2) is 3.92. The first-order valence-electron chi connectivity index (χ1n) is 3.16. The van der Waals surface area contributed by atoms with Gasteiger partial charge in [-0.25, -0.2) is 4.98 Å². The zero-order valence-electron chi connectivity index (χ0n) is 6.36. The second-order valence-corrected chi connectivity index (χ2v) is 2.34. The number of nitrogens with zero attached hydrogens (tertiary/aromatic N) is 2. The normalized spacial score (nSPS) is 11.3. The molecular formula is C7H7ClN2O2. The average Bonchev–Trinajstić information content (AvgIpc) is 2.17. The third-order valence-electron chi connectivity index (χ3n) is 1.27. The molecule has 1 aromatic heterocycles. The van der Waals surface area contributed by atoms with Crippen molar-refractivity contribution in [2.75, 3.05) is 7.11 Å². The van der Waals surface area contributed by atoms with Crippen LogP contribution in [0.15, 0.2) is 23.5 Å². The first kappa shape index (κ1) is 8.80. The van der Waals surface area contributed by atoms with Gasteiger partial charge in [-0.3, -0.25) is 0 Å². The third-order valence-corrected chi connectivity index (χ3v) is 1.57. The van der Waals surface area contributed by atoms with Crippen molar-refractivity contribution in [3.63, 3.8) is 0 Å². The number of halogens is 1. The quantitative estimate of drug-likeness (QED) is 0.432. The maximum atomic E-state index is 8.31. The number of oxime groups is 1. The summed E-state index contributed by atoms with van der Waals surface area (Å²) in [5, 5.41) is 11.1. The average molecular weight is 187 g/mol. The molecule has 0 bridgehead atoms. The number of hydrogen-bond donors (Lipinski definition) is 1. The molecule has 0 spiro atoms. The summed E-state index contributed by atoms with van der Waals surface area (Å²) < 4.78 is 4.83. The van der Waals surface area contributed by atoms with E-state index in [-0.39, 0.29) is 5.17 Å². The fourth-order valence-electron chi connectivity index (χ4n) is 0.681. The number of rotatable bonds is 2. The molecule has 12 heavy (non-hydrogen) atoms. The highest BCUT2D eigenvalue weighted by Crippen LogP contribution is 2.08. The zero-order chi connectivity index (χ0) is 8.97. The highest BCUT2D eigenvalue weighted by Gasteiger charge is 2.00. The smallest absolute Gasteiger partial charge is 0.212 e. The summed E-state index contributed by atoms with van der Waals surface area (Å²) >= 11 is 5.51. The first-order chi connectivity index (χ1) is 5.77. The number of pyridine rings is 1. The summed E-state index contributed by atoms with van der Waals surface area (Å²) in [7, 11) is 1.52. The van der Waals surface area contributed by atoms with Crippen molar-refractivity contribution in [2.45, 2.75) is 0 Å². The molecule has 0 saturated carbocycles. The minimum absolute atomic E-state index is 0.00477. The fourth-order valence-corrected chi connectivity index (χ4v) is 0.793. The molecule has 0 fully saturated rings. The highest BCUT2D eigenvalue weighted by atomic mass is 35.5. The Morgan fingerprint density at radius 1 is 1.67 bits per heavy atom. The van der Waals surface area contributed by atoms with Crippen LogP contribution in [-0.4, -0.2) is 22.5 Å². The number of ether oxygens (including phenoxy) is 1. The molecule has 0 unspecified atom stereocenters. The van der Waals surface area contributed by atoms with Gasteiger partial charge in [0.05, 0.1) is 7.11 Å². The molecule has 0 aromatic carbocycles. The van der Waals surface area contributed by atoms with Crippen molar-refractivity contribution < 1.29 is 9.94 Å². The van der Waals surface area contributed by atoms with Gasteiger partial charge in [0.25, 0.3) is 0 Å². The summed E-state index contributed by atoms with van der Waals surface area (Å²) in [5.41, 5.74) is 0.542. The Labute approximate surface area is 74.4 Å². The van der Waals surface area contributed by atoms with Crippen LogP contribution in [0.4, 0.5) is 0 Å². The Hall–Kier alpha value is -1.29. The standard InChI is InChI=1S/C7H7ClN2O2/c1-12-6-3-2-5(4-9-6)7(8)10-11/h2-4,11H,1H3/b10-7-. The van der Waals surface area contributed by atoms with Gasteiger partial charge >= 0.3 is 0 Å². The molecule has 0 atom stereocenters. The lowest BCUT2D eigenvalue weighted by atomic mass is 10.3. The number of hydrogen-bond acceptors (Lipinski definition) is 4. The van der Waals surface area contributed by atoms with E-state index in [2.05, 4.69) is 10.1 Å². The Kier molecular flexibility index (Phi) is 2.88. The molecule has 5 heteroatoms. The van der Waals surface area contributed by atoms with Crippen LogP contribution in [0.5, 0.6) is 5.88 Å². The van der Waals surface area contributed by atoms with E-state index in [1.807, 2.05) is 0 Å². The lowest BCUT2D eigenvalue weighted by molar-refractivity contribution is 0.321. The summed E-state index contributed by atoms with van der Waals surface area (Å²) in [5.74, 6) is 0.487. The lowest BCUT2D eigenvalue weighted by Crippen LogP contribution is -1.93. The van der Waals surface area contributed by atoms with Crippen LogP contribution >= 0.6 is 11.6 Å². The SMILES string of the molecule is COc1ccc(/C(Cl)=N/O)cn1. The van der Waals surface area contributed by atoms with E-state index in [0.717, 1.165) is 0 Å². The summed E-state index contributed by atoms with van der Waals surface area (Å²) in [6.07, 6.45) is 1.46. The monoisotopic (exact) mass is 186 g/mol. The molecule has 1 aromatic rings. The van der Waals surface area contributed by atoms with Gasteiger partial charge in [0.15, 0.2) is 5.17 Å². The molecule has 1 rings (SSSR count). The Bertz CT molecular complexity index is 284. The van der Waals surface area contributed by atoms with Gasteiger partial charge in [-0.15, -0.1) is 0 Å². The van der Waals surface area contributed by atoms with E-state index < -0.39 is 0 Å². The van der Waals surface area contributed by atoms with Gasteiger partial charge < -0.3 is 9.94 Å². The zero-order valence-corrected chi connectivity index (χ0v) is 7.12. The fraction of sp³-hybridized carbons (Fsp3) is 0.143. The summed E-state index contributed by atoms with van der Waals surface area (Å²) in [6, 6.07) is 3.27. The second-order valence-electron chi connectivity index (χ2n) is 1.98. The van der Waals surface area contributed by atoms with E-state index >= 15 is 0 Å². The Morgan fingerprint density at radius 2 is 2.42 bits per heavy atom. The van der Waals surface area contributed by atoms with Crippen LogP contribution in [0, 0.1) is 0 Å². The third kappa shape index (κ3) is 1.85. The molecule has 4 nitrogen and oxygen atoms in total. The van der Waals surface area contributed by atoms with Gasteiger partial charge in [-0.2, -0.15) is 0 Å². The van der Waals surface area contributed by atoms with Crippen molar-refractivity contribution in [3.05, 3.63) is 23.9 Å². The molecule has 0 aliphatic heterocycles. The van der Waals surface area contributed by atoms with E-state index in [1.54, 1.807) is 12.1 Å². The van der Waals surface area contributed by atoms with Gasteiger partial charge in [0.2, 0.25) is 5.88 Å². The van der Waals surface area contributed by atoms with Crippen LogP contribution in [0.1, 0.15) is 5.56 Å². The van der Waals surface area contributed by atoms with Crippen molar-refractivity contribution in [1.29, 1.82) is 0 Å². The highest BCUT2D eigenvalue weighted by molar-refractivity contribution is 6.69. The molecule has 64 valence electrons. The van der Waals surface area contributed by atoms with Crippen LogP contribution in [0.25, 0.3) is 0 Å². The van der Waals surface area contributed by atoms with Crippen LogP contribution in [-0.2, 0) is 0 Å². The lowest BCUT2D eigenvalue weighted by Gasteiger charge is -1.98. The molecule has 0 saturated heterocycles. The Balaban J connectivity index is 2.92. The summed E-state index contributed by atoms with van der Waals surface area (Å²) in [6.45, 7) is 0. The van der Waals surface area contributed by atoms with Crippen LogP contribution in [0.2, 0.25) is 0 Å². The Morgan fingerprint density at radius 3 is 2.83 bits per heavy atom. The van der Waals surface area contributed by atoms with E-state index in [4.69, 9.17) is 21.5 Å². The predicted octanol–water partition coefficient (Wildman–Crippen LogP) is 1.46. The van der Waals surface area contributed by atoms with Crippen LogP contribution < -0.4 is 4.74 Å². The van der Waals surface area contributed by atoms with Gasteiger partial charge in [0, 0.05) is 17.8 Å². The molecule has 0 amide bonds. The molecule has 0 aliphatic rings. The first-order valence-corrected chi connectivity index (χ1v) is 3.53. The van der Waals surface area contributed by atoms with Crippen molar-refractivity contribution in [2.24, 2.45) is 5.16 Å². The van der Waals surface area contributed by atoms with Crippen molar-refractivity contribution >= 4 is 16.8 Å². The summed E-state index contributed by atoms with van der Waals surface area (Å²) in [4.78, 5) is 3.87. The topological polar surface area (TPSA) is 54.7 Å². The van der Waals surface area contributed by atoms with Gasteiger partial charge in [-0.05, 0) is 6.07 Å². The molecule has 0 radical (unpaired) electrons. The molecule has 1 heterocycles. The van der Waals surface area contributed by atoms with E-state index in [9.17, 15) is 0 Å². The van der Waals surface area contributed by atoms with Gasteiger partial charge in [0.1, 0.15) is 0 Å². The number of aromatic nitrogens is 1. The minimum Gasteiger partial charge on any atom is -0.481 e. The maximum absolute atomic E-state index is 8.31. The van der Waals surface area contributed by atoms with Crippen LogP contribution in [0.3, 0.4) is 0 Å². The van der Waals surface area contributed by atoms with E-state index in [0.29, 0.717) is 11.4 Å². The minimum atomic E-state index is 0.00477. The number of methoxy groups -OCH3 is 1. The largest absolute Gasteiger partial charge is 0.481 e. The predicted molar refractivity (Wildman–Crippen MR) is 45.0 cm³/mol.